The molecule has 1 fully saturated rings. The molecule has 0 spiro atoms. The van der Waals surface area contributed by atoms with Crippen molar-refractivity contribution in [1.82, 2.24) is 15.3 Å². The summed E-state index contributed by atoms with van der Waals surface area (Å²) in [6.45, 7) is 2.82. The van der Waals surface area contributed by atoms with E-state index in [1.165, 1.54) is 11.1 Å². The number of rotatable bonds is 3. The molecule has 8 heteroatoms. The van der Waals surface area contributed by atoms with Gasteiger partial charge in [-0.1, -0.05) is 37.3 Å². The molecule has 1 amide bonds. The minimum absolute atomic E-state index is 0.0437. The van der Waals surface area contributed by atoms with E-state index >= 15 is 0 Å². The molecule has 3 aromatic rings. The third-order valence-electron chi connectivity index (χ3n) is 6.70. The van der Waals surface area contributed by atoms with E-state index in [-0.39, 0.29) is 18.0 Å². The minimum Gasteiger partial charge on any atom is -0.364 e. The zero-order valence-electron chi connectivity index (χ0n) is 18.0. The van der Waals surface area contributed by atoms with E-state index < -0.39 is 11.3 Å². The first-order chi connectivity index (χ1) is 15.8. The normalized spacial score (nSPS) is 21.9. The molecular weight excluding hydrogens is 446 g/mol. The maximum atomic E-state index is 13.3. The Bertz CT molecular complexity index is 1180. The van der Waals surface area contributed by atoms with Crippen LogP contribution in [0.2, 0.25) is 0 Å². The molecule has 5 rings (SSSR count). The van der Waals surface area contributed by atoms with Crippen molar-refractivity contribution in [2.24, 2.45) is 0 Å². The average Bonchev–Trinajstić information content (AvgIpc) is 2.92. The molecular formula is C25H23ClF2N4O. The van der Waals surface area contributed by atoms with Gasteiger partial charge in [0.05, 0.1) is 11.7 Å². The number of nitrogens with one attached hydrogen (secondary N) is 1. The third-order valence-corrected chi connectivity index (χ3v) is 6.87. The summed E-state index contributed by atoms with van der Waals surface area (Å²) < 4.78 is 26.5. The zero-order chi connectivity index (χ0) is 23.2. The van der Waals surface area contributed by atoms with Crippen LogP contribution in [0, 0.1) is 0 Å². The van der Waals surface area contributed by atoms with Gasteiger partial charge in [-0.25, -0.2) is 9.97 Å². The molecule has 0 saturated carbocycles. The van der Waals surface area contributed by atoms with E-state index in [1.807, 2.05) is 18.2 Å². The highest BCUT2D eigenvalue weighted by Gasteiger charge is 2.41. The van der Waals surface area contributed by atoms with Crippen LogP contribution in [0.5, 0.6) is 0 Å². The number of carbonyl (C=O) groups excluding carboxylic acids is 1. The standard InChI is InChI=1S/C25H23ClF2N4O/c1-15-18-4-2-3-5-19(18)23-13-17(31-24(33)25(26,27)28)9-11-32(23)22-7-6-16(12-20(15)22)21-8-10-29-14-30-21/h2-8,10,12,14-15,17,23H,9,11,13H2,1H3,(H,31,33)/t15-,17-,23-/m1/s1. The fourth-order valence-corrected chi connectivity index (χ4v) is 5.16. The Labute approximate surface area is 195 Å². The number of fused-ring (bicyclic) bond motifs is 5. The molecule has 5 nitrogen and oxygen atoms in total. The van der Waals surface area contributed by atoms with E-state index in [1.54, 1.807) is 12.5 Å². The number of benzene rings is 2. The van der Waals surface area contributed by atoms with Crippen LogP contribution in [-0.2, 0) is 4.79 Å². The van der Waals surface area contributed by atoms with Crippen LogP contribution in [0.4, 0.5) is 14.5 Å². The SMILES string of the molecule is C[C@@H]1c2ccccc2[C@H]2C[C@H](NC(=O)C(F)(F)Cl)CCN2c2ccc(-c3ccncn3)cc21. The number of nitrogens with zero attached hydrogens (tertiary/aromatic N) is 3. The molecule has 170 valence electrons. The second kappa shape index (κ2) is 8.37. The number of piperidine rings is 1. The van der Waals surface area contributed by atoms with E-state index in [0.717, 1.165) is 22.5 Å². The lowest BCUT2D eigenvalue weighted by Gasteiger charge is -2.41. The van der Waals surface area contributed by atoms with Crippen LogP contribution in [-0.4, -0.2) is 33.8 Å². The van der Waals surface area contributed by atoms with Crippen LogP contribution in [0.15, 0.2) is 61.1 Å². The Morgan fingerprint density at radius 2 is 1.94 bits per heavy atom. The largest absolute Gasteiger partial charge is 0.399 e. The molecule has 33 heavy (non-hydrogen) atoms. The predicted octanol–water partition coefficient (Wildman–Crippen LogP) is 5.27. The summed E-state index contributed by atoms with van der Waals surface area (Å²) in [7, 11) is 0. The quantitative estimate of drug-likeness (QED) is 0.532. The highest BCUT2D eigenvalue weighted by Crippen LogP contribution is 2.47. The van der Waals surface area contributed by atoms with Gasteiger partial charge in [0, 0.05) is 36.0 Å². The number of amides is 1. The highest BCUT2D eigenvalue weighted by atomic mass is 35.5. The van der Waals surface area contributed by atoms with Crippen LogP contribution < -0.4 is 10.2 Å². The molecule has 0 unspecified atom stereocenters. The van der Waals surface area contributed by atoms with E-state index in [2.05, 4.69) is 57.4 Å². The molecule has 1 aromatic heterocycles. The van der Waals surface area contributed by atoms with E-state index in [9.17, 15) is 13.6 Å². The Balaban J connectivity index is 1.55. The molecule has 1 N–H and O–H groups in total. The number of anilines is 1. The van der Waals surface area contributed by atoms with Crippen LogP contribution in [0.1, 0.15) is 48.4 Å². The summed E-state index contributed by atoms with van der Waals surface area (Å²) in [4.78, 5) is 22.6. The Kier molecular flexibility index (Phi) is 5.52. The maximum Gasteiger partial charge on any atom is 0.399 e. The van der Waals surface area contributed by atoms with Gasteiger partial charge in [-0.05, 0) is 59.3 Å². The third kappa shape index (κ3) is 4.06. The Hall–Kier alpha value is -3.06. The summed E-state index contributed by atoms with van der Waals surface area (Å²) in [5.41, 5.74) is 6.54. The van der Waals surface area contributed by atoms with Crippen molar-refractivity contribution in [3.05, 3.63) is 77.7 Å². The van der Waals surface area contributed by atoms with Crippen LogP contribution in [0.3, 0.4) is 0 Å². The van der Waals surface area contributed by atoms with E-state index in [4.69, 9.17) is 11.6 Å². The number of alkyl halides is 3. The Morgan fingerprint density at radius 1 is 1.15 bits per heavy atom. The number of carbonyl (C=O) groups is 1. The highest BCUT2D eigenvalue weighted by molar-refractivity contribution is 6.32. The van der Waals surface area contributed by atoms with Crippen LogP contribution >= 0.6 is 11.6 Å². The van der Waals surface area contributed by atoms with Crippen molar-refractivity contribution in [2.75, 3.05) is 11.4 Å². The van der Waals surface area contributed by atoms with Gasteiger partial charge in [0.1, 0.15) is 6.33 Å². The number of halogens is 3. The van der Waals surface area contributed by atoms with Crippen LogP contribution in [0.25, 0.3) is 11.3 Å². The second-order valence-electron chi connectivity index (χ2n) is 8.62. The maximum absolute atomic E-state index is 13.3. The summed E-state index contributed by atoms with van der Waals surface area (Å²) in [6, 6.07) is 16.1. The minimum atomic E-state index is -3.91. The summed E-state index contributed by atoms with van der Waals surface area (Å²) in [6.07, 6.45) is 4.35. The molecule has 2 aromatic carbocycles. The lowest BCUT2D eigenvalue weighted by Crippen LogP contribution is -2.49. The average molecular weight is 469 g/mol. The second-order valence-corrected chi connectivity index (χ2v) is 9.10. The summed E-state index contributed by atoms with van der Waals surface area (Å²) in [5.74, 6) is -1.31. The molecule has 0 bridgehead atoms. The summed E-state index contributed by atoms with van der Waals surface area (Å²) in [5, 5.41) is -1.46. The smallest absolute Gasteiger partial charge is 0.364 e. The first-order valence-electron chi connectivity index (χ1n) is 11.0. The van der Waals surface area contributed by atoms with Gasteiger partial charge in [0.15, 0.2) is 0 Å². The fourth-order valence-electron chi connectivity index (χ4n) is 5.11. The van der Waals surface area contributed by atoms with E-state index in [0.29, 0.717) is 19.4 Å². The van der Waals surface area contributed by atoms with Gasteiger partial charge in [-0.3, -0.25) is 4.79 Å². The molecule has 0 radical (unpaired) electrons. The van der Waals surface area contributed by atoms with Gasteiger partial charge < -0.3 is 10.2 Å². The number of aromatic nitrogens is 2. The number of hydrogen-bond donors (Lipinski definition) is 1. The van der Waals surface area contributed by atoms with Gasteiger partial charge in [-0.15, -0.1) is 0 Å². The topological polar surface area (TPSA) is 58.1 Å². The van der Waals surface area contributed by atoms with Gasteiger partial charge in [0.25, 0.3) is 0 Å². The fraction of sp³-hybridized carbons (Fsp3) is 0.320. The summed E-state index contributed by atoms with van der Waals surface area (Å²) >= 11 is 4.93. The molecule has 1 saturated heterocycles. The van der Waals surface area contributed by atoms with Crippen molar-refractivity contribution in [1.29, 1.82) is 0 Å². The lowest BCUT2D eigenvalue weighted by atomic mass is 9.86. The van der Waals surface area contributed by atoms with Crippen molar-refractivity contribution < 1.29 is 13.6 Å². The van der Waals surface area contributed by atoms with Gasteiger partial charge in [0.2, 0.25) is 0 Å². The van der Waals surface area contributed by atoms with Crippen molar-refractivity contribution >= 4 is 23.2 Å². The monoisotopic (exact) mass is 468 g/mol. The van der Waals surface area contributed by atoms with Gasteiger partial charge >= 0.3 is 11.3 Å². The van der Waals surface area contributed by atoms with Gasteiger partial charge in [-0.2, -0.15) is 8.78 Å². The van der Waals surface area contributed by atoms with Crippen molar-refractivity contribution in [3.8, 4) is 11.3 Å². The number of hydrogen-bond acceptors (Lipinski definition) is 4. The first kappa shape index (κ1) is 21.8. The first-order valence-corrected chi connectivity index (χ1v) is 11.3. The van der Waals surface area contributed by atoms with Crippen molar-refractivity contribution in [3.63, 3.8) is 0 Å². The molecule has 3 heterocycles. The Morgan fingerprint density at radius 3 is 2.67 bits per heavy atom. The molecule has 2 aliphatic heterocycles. The molecule has 2 aliphatic rings. The lowest BCUT2D eigenvalue weighted by molar-refractivity contribution is -0.136. The zero-order valence-corrected chi connectivity index (χ0v) is 18.8. The molecule has 0 aliphatic carbocycles. The van der Waals surface area contributed by atoms with Crippen molar-refractivity contribution in [2.45, 2.75) is 43.1 Å². The predicted molar refractivity (Wildman–Crippen MR) is 123 cm³/mol. The molecule has 3 atom stereocenters.